The summed E-state index contributed by atoms with van der Waals surface area (Å²) in [5.41, 5.74) is 0.622. The van der Waals surface area contributed by atoms with Gasteiger partial charge in [-0.25, -0.2) is 0 Å². The van der Waals surface area contributed by atoms with Crippen molar-refractivity contribution < 1.29 is 0 Å². The molecular weight excluding hydrogens is 219 g/mol. The Kier molecular flexibility index (Phi) is 2.86. The molecule has 0 nitrogen and oxygen atoms in total. The first kappa shape index (κ1) is 10.2. The predicted octanol–water partition coefficient (Wildman–Crippen LogP) is 4.22. The fourth-order valence-electron chi connectivity index (χ4n) is 1.93. The van der Waals surface area contributed by atoms with E-state index in [2.05, 4.69) is 13.8 Å². The molecule has 0 spiro atoms. The zero-order chi connectivity index (χ0) is 8.70. The van der Waals surface area contributed by atoms with E-state index < -0.39 is 6.00 Å². The van der Waals surface area contributed by atoms with Gasteiger partial charge in [-0.3, -0.25) is 0 Å². The second-order valence-electron chi connectivity index (χ2n) is 3.98. The Morgan fingerprint density at radius 1 is 1.27 bits per heavy atom. The first-order valence-corrected chi connectivity index (χ1v) is 9.02. The minimum absolute atomic E-state index is 0.261. The van der Waals surface area contributed by atoms with Crippen molar-refractivity contribution in [2.24, 2.45) is 5.41 Å². The Hall–Kier alpha value is 1.09. The normalized spacial score (nSPS) is 30.8. The van der Waals surface area contributed by atoms with Crippen LogP contribution in [0.4, 0.5) is 0 Å². The van der Waals surface area contributed by atoms with Crippen molar-refractivity contribution in [3.63, 3.8) is 0 Å². The van der Waals surface area contributed by atoms with Crippen LogP contribution in [0.1, 0.15) is 33.1 Å². The van der Waals surface area contributed by atoms with E-state index in [0.29, 0.717) is 5.54 Å². The molecule has 1 aliphatic rings. The molecule has 1 saturated carbocycles. The van der Waals surface area contributed by atoms with E-state index in [4.69, 9.17) is 33.2 Å². The van der Waals surface area contributed by atoms with E-state index in [1.165, 1.54) is 12.8 Å². The third kappa shape index (κ3) is 2.27. The smallest absolute Gasteiger partial charge is 0.126 e. The van der Waals surface area contributed by atoms with Crippen LogP contribution in [0.3, 0.4) is 0 Å². The van der Waals surface area contributed by atoms with Crippen LogP contribution in [-0.4, -0.2) is 6.00 Å². The van der Waals surface area contributed by atoms with Crippen LogP contribution in [0.25, 0.3) is 0 Å². The summed E-state index contributed by atoms with van der Waals surface area (Å²) in [4.78, 5) is 0. The molecule has 0 aromatic heterocycles. The lowest BCUT2D eigenvalue weighted by Crippen LogP contribution is -2.28. The molecule has 0 bridgehead atoms. The molecule has 0 heterocycles. The highest BCUT2D eigenvalue weighted by molar-refractivity contribution is 7.65. The lowest BCUT2D eigenvalue weighted by molar-refractivity contribution is 0.380. The average molecular weight is 232 g/mol. The summed E-state index contributed by atoms with van der Waals surface area (Å²) in [6, 6.07) is -2.44. The second kappa shape index (κ2) is 3.10. The van der Waals surface area contributed by atoms with Gasteiger partial charge in [-0.1, -0.05) is 20.3 Å². The van der Waals surface area contributed by atoms with Crippen molar-refractivity contribution in [3.8, 4) is 0 Å². The van der Waals surface area contributed by atoms with Crippen molar-refractivity contribution in [2.75, 3.05) is 0 Å². The monoisotopic (exact) mass is 230 g/mol. The predicted molar refractivity (Wildman–Crippen MR) is 54.7 cm³/mol. The summed E-state index contributed by atoms with van der Waals surface area (Å²) in [5, 5.41) is 0. The van der Waals surface area contributed by atoms with Crippen LogP contribution in [-0.2, 0) is 0 Å². The summed E-state index contributed by atoms with van der Waals surface area (Å²) in [6.45, 7) is 4.42. The topological polar surface area (TPSA) is 0 Å². The van der Waals surface area contributed by atoms with Gasteiger partial charge in [-0.15, -0.1) is 33.2 Å². The lowest BCUT2D eigenvalue weighted by Gasteiger charge is -2.30. The molecule has 11 heavy (non-hydrogen) atoms. The van der Waals surface area contributed by atoms with Gasteiger partial charge < -0.3 is 0 Å². The van der Waals surface area contributed by atoms with Gasteiger partial charge in [0, 0.05) is 0 Å². The summed E-state index contributed by atoms with van der Waals surface area (Å²) in [5.74, 6) is 0. The van der Waals surface area contributed by atoms with Crippen molar-refractivity contribution in [3.05, 3.63) is 0 Å². The molecule has 0 radical (unpaired) electrons. The van der Waals surface area contributed by atoms with Gasteiger partial charge in [0.1, 0.15) is 0 Å². The average Bonchev–Trinajstić information content (AvgIpc) is 2.06. The third-order valence-corrected chi connectivity index (χ3v) is 6.88. The van der Waals surface area contributed by atoms with Gasteiger partial charge in [0.15, 0.2) is 0 Å². The molecular formula is C7H13Cl3Si. The van der Waals surface area contributed by atoms with Crippen LogP contribution in [0.5, 0.6) is 0 Å². The van der Waals surface area contributed by atoms with Crippen LogP contribution < -0.4 is 0 Å². The van der Waals surface area contributed by atoms with Crippen molar-refractivity contribution in [2.45, 2.75) is 38.7 Å². The van der Waals surface area contributed by atoms with Crippen LogP contribution in [0, 0.1) is 5.41 Å². The molecule has 1 unspecified atom stereocenters. The van der Waals surface area contributed by atoms with Gasteiger partial charge in [0.25, 0.3) is 0 Å². The Labute approximate surface area is 83.3 Å². The van der Waals surface area contributed by atoms with Crippen LogP contribution in [0.2, 0.25) is 5.54 Å². The summed E-state index contributed by atoms with van der Waals surface area (Å²) < 4.78 is 0. The first-order valence-electron chi connectivity index (χ1n) is 3.91. The standard InChI is InChI=1S/C7H13Cl3Si/c1-7(2)5-3-4-6(7)11(8,9)10/h6H,3-5H2,1-2H3. The molecule has 4 heteroatoms. The Bertz CT molecular complexity index is 150. The highest BCUT2D eigenvalue weighted by Crippen LogP contribution is 2.55. The van der Waals surface area contributed by atoms with E-state index >= 15 is 0 Å². The maximum absolute atomic E-state index is 5.99. The second-order valence-corrected chi connectivity index (χ2v) is 12.9. The van der Waals surface area contributed by atoms with Crippen molar-refractivity contribution in [1.82, 2.24) is 0 Å². The SMILES string of the molecule is CC1(C)CCCC1[Si](Cl)(Cl)Cl. The maximum atomic E-state index is 5.99. The number of hydrogen-bond donors (Lipinski definition) is 0. The maximum Gasteiger partial charge on any atom is 0.344 e. The molecule has 66 valence electrons. The third-order valence-electron chi connectivity index (χ3n) is 2.65. The fraction of sp³-hybridized carbons (Fsp3) is 1.00. The van der Waals surface area contributed by atoms with E-state index in [1.807, 2.05) is 0 Å². The summed E-state index contributed by atoms with van der Waals surface area (Å²) >= 11 is 18.0. The molecule has 0 aliphatic heterocycles. The highest BCUT2D eigenvalue weighted by Gasteiger charge is 2.48. The molecule has 1 rings (SSSR count). The lowest BCUT2D eigenvalue weighted by atomic mass is 9.91. The molecule has 1 atom stereocenters. The number of hydrogen-bond acceptors (Lipinski definition) is 0. The van der Waals surface area contributed by atoms with Crippen molar-refractivity contribution in [1.29, 1.82) is 0 Å². The van der Waals surface area contributed by atoms with Gasteiger partial charge in [-0.05, 0) is 23.8 Å². The molecule has 0 aromatic carbocycles. The molecule has 0 amide bonds. The van der Waals surface area contributed by atoms with E-state index in [9.17, 15) is 0 Å². The van der Waals surface area contributed by atoms with Gasteiger partial charge in [0.05, 0.1) is 0 Å². The van der Waals surface area contributed by atoms with Gasteiger partial charge >= 0.3 is 6.00 Å². The molecule has 0 saturated heterocycles. The number of halogens is 3. The molecule has 0 N–H and O–H groups in total. The Balaban J connectivity index is 2.73. The molecule has 1 fully saturated rings. The highest BCUT2D eigenvalue weighted by atomic mass is 35.8. The van der Waals surface area contributed by atoms with Crippen molar-refractivity contribution >= 4 is 39.2 Å². The van der Waals surface area contributed by atoms with Crippen LogP contribution in [0.15, 0.2) is 0 Å². The fourth-order valence-corrected chi connectivity index (χ4v) is 7.14. The molecule has 1 aliphatic carbocycles. The Morgan fingerprint density at radius 3 is 2.00 bits per heavy atom. The zero-order valence-electron chi connectivity index (χ0n) is 6.83. The minimum Gasteiger partial charge on any atom is -0.126 e. The quantitative estimate of drug-likeness (QED) is 0.468. The Morgan fingerprint density at radius 2 is 1.82 bits per heavy atom. The zero-order valence-corrected chi connectivity index (χ0v) is 10.1. The minimum atomic E-state index is -2.44. The van der Waals surface area contributed by atoms with Gasteiger partial charge in [-0.2, -0.15) is 0 Å². The number of rotatable bonds is 1. The van der Waals surface area contributed by atoms with E-state index in [1.54, 1.807) is 0 Å². The largest absolute Gasteiger partial charge is 0.344 e. The van der Waals surface area contributed by atoms with E-state index in [0.717, 1.165) is 6.42 Å². The summed E-state index contributed by atoms with van der Waals surface area (Å²) in [6.07, 6.45) is 3.53. The first-order chi connectivity index (χ1) is 4.84. The molecule has 0 aromatic rings. The van der Waals surface area contributed by atoms with Crippen LogP contribution >= 0.6 is 33.2 Å². The summed E-state index contributed by atoms with van der Waals surface area (Å²) in [7, 11) is 0. The van der Waals surface area contributed by atoms with E-state index in [-0.39, 0.29) is 5.41 Å². The van der Waals surface area contributed by atoms with Gasteiger partial charge in [0.2, 0.25) is 0 Å².